The number of anilines is 1. The summed E-state index contributed by atoms with van der Waals surface area (Å²) in [6.07, 6.45) is 1.49. The summed E-state index contributed by atoms with van der Waals surface area (Å²) in [4.78, 5) is 41.1. The highest BCUT2D eigenvalue weighted by molar-refractivity contribution is 8.26. The van der Waals surface area contributed by atoms with Gasteiger partial charge in [-0.25, -0.2) is 9.18 Å². The van der Waals surface area contributed by atoms with Crippen LogP contribution in [-0.2, 0) is 14.3 Å². The van der Waals surface area contributed by atoms with Gasteiger partial charge in [0, 0.05) is 30.8 Å². The molecule has 0 aromatic heterocycles. The maximum absolute atomic E-state index is 13.9. The van der Waals surface area contributed by atoms with Gasteiger partial charge in [-0.05, 0) is 49.5 Å². The molecule has 0 radical (unpaired) electrons. The monoisotopic (exact) mass is 529 g/mol. The maximum Gasteiger partial charge on any atom is 0.338 e. The number of hydrogen-bond acceptors (Lipinski definition) is 7. The molecule has 0 spiro atoms. The fourth-order valence-electron chi connectivity index (χ4n) is 3.44. The molecule has 2 amide bonds. The van der Waals surface area contributed by atoms with E-state index in [0.717, 1.165) is 24.9 Å². The molecular weight excluding hydrogens is 501 g/mol. The van der Waals surface area contributed by atoms with Crippen LogP contribution in [0.4, 0.5) is 10.1 Å². The normalized spacial score (nSPS) is 14.6. The molecule has 36 heavy (non-hydrogen) atoms. The van der Waals surface area contributed by atoms with Gasteiger partial charge in [-0.3, -0.25) is 14.5 Å². The number of thiocarbonyl (C=S) groups is 1. The Morgan fingerprint density at radius 3 is 2.50 bits per heavy atom. The second-order valence-corrected chi connectivity index (χ2v) is 9.57. The molecule has 1 aliphatic heterocycles. The van der Waals surface area contributed by atoms with E-state index in [1.807, 2.05) is 0 Å². The van der Waals surface area contributed by atoms with Gasteiger partial charge >= 0.3 is 5.97 Å². The van der Waals surface area contributed by atoms with Gasteiger partial charge in [0.1, 0.15) is 16.7 Å². The lowest BCUT2D eigenvalue weighted by molar-refractivity contribution is -0.122. The molecule has 0 bridgehead atoms. The van der Waals surface area contributed by atoms with Crippen molar-refractivity contribution in [2.45, 2.75) is 20.3 Å². The summed E-state index contributed by atoms with van der Waals surface area (Å²) in [7, 11) is 0. The molecule has 1 saturated heterocycles. The lowest BCUT2D eigenvalue weighted by Gasteiger charge is -2.17. The molecule has 1 N–H and O–H groups in total. The van der Waals surface area contributed by atoms with Gasteiger partial charge in [0.15, 0.2) is 0 Å². The molecule has 0 aliphatic carbocycles. The Kier molecular flexibility index (Phi) is 10.2. The number of thioether (sulfide) groups is 1. The maximum atomic E-state index is 13.9. The van der Waals surface area contributed by atoms with Crippen molar-refractivity contribution in [1.29, 1.82) is 0 Å². The Bertz CT molecular complexity index is 1150. The molecule has 0 unspecified atom stereocenters. The minimum Gasteiger partial charge on any atom is -0.461 e. The van der Waals surface area contributed by atoms with Gasteiger partial charge < -0.3 is 15.0 Å². The van der Waals surface area contributed by atoms with Gasteiger partial charge in [-0.15, -0.1) is 0 Å². The quantitative estimate of drug-likeness (QED) is 0.260. The number of ether oxygens (including phenoxy) is 1. The second kappa shape index (κ2) is 13.3. The van der Waals surface area contributed by atoms with Crippen LogP contribution in [0.15, 0.2) is 53.4 Å². The molecule has 1 fully saturated rings. The van der Waals surface area contributed by atoms with Crippen LogP contribution in [-0.4, -0.2) is 64.7 Å². The van der Waals surface area contributed by atoms with Crippen molar-refractivity contribution in [3.63, 3.8) is 0 Å². The Morgan fingerprint density at radius 1 is 1.14 bits per heavy atom. The number of likely N-dealkylation sites (N-methyl/N-ethyl adjacent to an activating group) is 1. The van der Waals surface area contributed by atoms with E-state index >= 15 is 0 Å². The average molecular weight is 530 g/mol. The third kappa shape index (κ3) is 7.46. The van der Waals surface area contributed by atoms with Crippen LogP contribution in [0.1, 0.15) is 36.2 Å². The molecule has 10 heteroatoms. The standard InChI is InChI=1S/C26H28FN3O4S2/c1-3-29(4-2)15-16-34-25(33)18-9-11-20(12-10-18)28-23(31)13-14-30-24(32)22(36-26(30)35)17-19-7-5-6-8-21(19)27/h5-12,17H,3-4,13-16H2,1-2H3,(H,28,31). The molecule has 190 valence electrons. The largest absolute Gasteiger partial charge is 0.461 e. The topological polar surface area (TPSA) is 79.0 Å². The van der Waals surface area contributed by atoms with Crippen LogP contribution in [0.2, 0.25) is 0 Å². The van der Waals surface area contributed by atoms with Crippen molar-refractivity contribution in [1.82, 2.24) is 9.80 Å². The van der Waals surface area contributed by atoms with E-state index in [2.05, 4.69) is 24.1 Å². The number of esters is 1. The molecule has 0 saturated carbocycles. The first kappa shape index (κ1) is 27.5. The SMILES string of the molecule is CCN(CC)CCOC(=O)c1ccc(NC(=O)CCN2C(=O)C(=Cc3ccccc3F)SC2=S)cc1. The molecule has 2 aromatic rings. The number of carbonyl (C=O) groups excluding carboxylic acids is 3. The Balaban J connectivity index is 1.48. The van der Waals surface area contributed by atoms with Gasteiger partial charge in [-0.2, -0.15) is 0 Å². The zero-order valence-corrected chi connectivity index (χ0v) is 21.8. The highest BCUT2D eigenvalue weighted by Gasteiger charge is 2.32. The third-order valence-corrected chi connectivity index (χ3v) is 6.95. The fourth-order valence-corrected chi connectivity index (χ4v) is 4.74. The van der Waals surface area contributed by atoms with E-state index in [1.165, 1.54) is 17.0 Å². The summed E-state index contributed by atoms with van der Waals surface area (Å²) in [6, 6.07) is 12.6. The van der Waals surface area contributed by atoms with Crippen LogP contribution in [0, 0.1) is 5.82 Å². The first-order valence-electron chi connectivity index (χ1n) is 11.6. The summed E-state index contributed by atoms with van der Waals surface area (Å²) in [5, 5.41) is 2.74. The van der Waals surface area contributed by atoms with Gasteiger partial charge in [0.25, 0.3) is 5.91 Å². The zero-order valence-electron chi connectivity index (χ0n) is 20.2. The smallest absolute Gasteiger partial charge is 0.338 e. The van der Waals surface area contributed by atoms with E-state index in [9.17, 15) is 18.8 Å². The molecule has 7 nitrogen and oxygen atoms in total. The lowest BCUT2D eigenvalue weighted by atomic mass is 10.2. The van der Waals surface area contributed by atoms with Crippen LogP contribution >= 0.6 is 24.0 Å². The van der Waals surface area contributed by atoms with Crippen molar-refractivity contribution in [3.05, 3.63) is 70.4 Å². The number of rotatable bonds is 11. The number of benzene rings is 2. The van der Waals surface area contributed by atoms with Crippen LogP contribution in [0.25, 0.3) is 6.08 Å². The fraction of sp³-hybridized carbons (Fsp3) is 0.308. The average Bonchev–Trinajstić information content (AvgIpc) is 3.14. The van der Waals surface area contributed by atoms with Crippen LogP contribution < -0.4 is 5.32 Å². The van der Waals surface area contributed by atoms with E-state index in [0.29, 0.717) is 39.2 Å². The highest BCUT2D eigenvalue weighted by atomic mass is 32.2. The van der Waals surface area contributed by atoms with E-state index in [4.69, 9.17) is 17.0 Å². The van der Waals surface area contributed by atoms with E-state index in [-0.39, 0.29) is 24.8 Å². The Hall–Kier alpha value is -3.08. The van der Waals surface area contributed by atoms with Crippen molar-refractivity contribution in [2.75, 3.05) is 38.1 Å². The van der Waals surface area contributed by atoms with Crippen LogP contribution in [0.5, 0.6) is 0 Å². The summed E-state index contributed by atoms with van der Waals surface area (Å²) >= 11 is 6.36. The van der Waals surface area contributed by atoms with Gasteiger partial charge in [0.2, 0.25) is 5.91 Å². The lowest BCUT2D eigenvalue weighted by Crippen LogP contribution is -2.31. The minimum absolute atomic E-state index is 0.0224. The summed E-state index contributed by atoms with van der Waals surface area (Å²) in [5.74, 6) is -1.51. The highest BCUT2D eigenvalue weighted by Crippen LogP contribution is 2.33. The first-order chi connectivity index (χ1) is 17.3. The van der Waals surface area contributed by atoms with Crippen molar-refractivity contribution in [3.8, 4) is 0 Å². The number of halogens is 1. The first-order valence-corrected chi connectivity index (χ1v) is 12.8. The van der Waals surface area contributed by atoms with Gasteiger partial charge in [0.05, 0.1) is 10.5 Å². The second-order valence-electron chi connectivity index (χ2n) is 7.89. The number of nitrogens with zero attached hydrogens (tertiary/aromatic N) is 2. The minimum atomic E-state index is -0.430. The Morgan fingerprint density at radius 2 is 1.83 bits per heavy atom. The number of carbonyl (C=O) groups is 3. The number of hydrogen-bond donors (Lipinski definition) is 1. The number of amides is 2. The van der Waals surface area contributed by atoms with Crippen LogP contribution in [0.3, 0.4) is 0 Å². The molecular formula is C26H28FN3O4S2. The summed E-state index contributed by atoms with van der Waals surface area (Å²) in [6.45, 7) is 6.98. The predicted molar refractivity (Wildman–Crippen MR) is 144 cm³/mol. The molecule has 2 aromatic carbocycles. The molecule has 1 aliphatic rings. The molecule has 3 rings (SSSR count). The van der Waals surface area contributed by atoms with Crippen molar-refractivity contribution < 1.29 is 23.5 Å². The number of nitrogens with one attached hydrogen (secondary N) is 1. The molecule has 0 atom stereocenters. The molecule has 1 heterocycles. The Labute approximate surface area is 219 Å². The third-order valence-electron chi connectivity index (χ3n) is 5.57. The van der Waals surface area contributed by atoms with E-state index < -0.39 is 11.8 Å². The van der Waals surface area contributed by atoms with Gasteiger partial charge in [-0.1, -0.05) is 56.0 Å². The zero-order chi connectivity index (χ0) is 26.1. The van der Waals surface area contributed by atoms with Crippen molar-refractivity contribution >= 4 is 57.8 Å². The summed E-state index contributed by atoms with van der Waals surface area (Å²) in [5.41, 5.74) is 1.21. The van der Waals surface area contributed by atoms with E-state index in [1.54, 1.807) is 42.5 Å². The predicted octanol–water partition coefficient (Wildman–Crippen LogP) is 4.55. The van der Waals surface area contributed by atoms with Crippen molar-refractivity contribution in [2.24, 2.45) is 0 Å². The summed E-state index contributed by atoms with van der Waals surface area (Å²) < 4.78 is 19.5.